The number of rotatable bonds is 18. The molecule has 0 saturated carbocycles. The third kappa shape index (κ3) is 14.4. The summed E-state index contributed by atoms with van der Waals surface area (Å²) in [4.78, 5) is 21.5. The van der Waals surface area contributed by atoms with Crippen molar-refractivity contribution >= 4 is 36.2 Å². The molecule has 0 saturated heterocycles. The Morgan fingerprint density at radius 1 is 0.467 bits per heavy atom. The molecular formula is C52H48O8. The zero-order valence-electron chi connectivity index (χ0n) is 33.6. The van der Waals surface area contributed by atoms with Crippen LogP contribution in [0.1, 0.15) is 44.5 Å². The molecule has 0 spiro atoms. The molecular weight excluding hydrogens is 753 g/mol. The number of hydrogen-bond acceptors (Lipinski definition) is 6. The Kier molecular flexibility index (Phi) is 17.1. The summed E-state index contributed by atoms with van der Waals surface area (Å²) < 4.78 is 22.8. The molecule has 0 aliphatic rings. The molecule has 304 valence electrons. The third-order valence-electron chi connectivity index (χ3n) is 9.05. The minimum atomic E-state index is -0.963. The van der Waals surface area contributed by atoms with Gasteiger partial charge in [-0.05, 0) is 93.8 Å². The van der Waals surface area contributed by atoms with Crippen LogP contribution < -0.4 is 18.9 Å². The molecule has 8 heteroatoms. The van der Waals surface area contributed by atoms with E-state index in [1.165, 1.54) is 0 Å². The molecule has 6 rings (SSSR count). The molecule has 0 bridgehead atoms. The number of carbonyl (C=O) groups is 2. The Morgan fingerprint density at radius 2 is 0.950 bits per heavy atom. The normalized spacial score (nSPS) is 11.1. The molecule has 0 aromatic heterocycles. The molecule has 8 nitrogen and oxygen atoms in total. The van der Waals surface area contributed by atoms with Gasteiger partial charge in [-0.15, -0.1) is 0 Å². The van der Waals surface area contributed by atoms with Gasteiger partial charge in [0, 0.05) is 12.2 Å². The van der Waals surface area contributed by atoms with Gasteiger partial charge in [0.15, 0.2) is 23.0 Å². The number of methoxy groups -OCH3 is 2. The molecule has 0 heterocycles. The second kappa shape index (κ2) is 23.6. The van der Waals surface area contributed by atoms with Crippen molar-refractivity contribution in [2.45, 2.75) is 26.1 Å². The predicted octanol–water partition coefficient (Wildman–Crippen LogP) is 11.3. The van der Waals surface area contributed by atoms with Crippen LogP contribution in [0.4, 0.5) is 0 Å². The fourth-order valence-corrected chi connectivity index (χ4v) is 6.00. The Hall–Kier alpha value is -7.58. The van der Waals surface area contributed by atoms with Gasteiger partial charge in [0.05, 0.1) is 14.2 Å². The van der Waals surface area contributed by atoms with Crippen molar-refractivity contribution in [2.24, 2.45) is 0 Å². The maximum Gasteiger partial charge on any atom is 0.328 e. The van der Waals surface area contributed by atoms with Crippen LogP contribution in [0.2, 0.25) is 0 Å². The van der Waals surface area contributed by atoms with E-state index in [2.05, 4.69) is 0 Å². The fraction of sp³-hybridized carbons (Fsp3) is 0.115. The first-order valence-electron chi connectivity index (χ1n) is 19.3. The highest BCUT2D eigenvalue weighted by molar-refractivity contribution is 5.86. The number of aliphatic carboxylic acids is 2. The van der Waals surface area contributed by atoms with E-state index in [-0.39, 0.29) is 0 Å². The Bertz CT molecular complexity index is 2410. The summed E-state index contributed by atoms with van der Waals surface area (Å²) in [5.74, 6) is 0.859. The van der Waals surface area contributed by atoms with Crippen LogP contribution in [0.25, 0.3) is 24.3 Å². The SMILES string of the molecule is COc1cc(/C=C\Cc2ccccc2/C=C/C(=O)O)ccc1OCc1ccccc1.COc1cc(C/C=C/c2ccccc2/C=C/C(=O)O)ccc1OCc1ccccc1. The highest BCUT2D eigenvalue weighted by Gasteiger charge is 2.08. The Labute approximate surface area is 351 Å². The summed E-state index contributed by atoms with van der Waals surface area (Å²) in [5, 5.41) is 17.7. The lowest BCUT2D eigenvalue weighted by Gasteiger charge is -2.12. The lowest BCUT2D eigenvalue weighted by Crippen LogP contribution is -1.98. The first-order valence-corrected chi connectivity index (χ1v) is 19.3. The zero-order valence-corrected chi connectivity index (χ0v) is 33.6. The fourth-order valence-electron chi connectivity index (χ4n) is 6.00. The smallest absolute Gasteiger partial charge is 0.328 e. The summed E-state index contributed by atoms with van der Waals surface area (Å²) in [7, 11) is 3.26. The topological polar surface area (TPSA) is 112 Å². The molecule has 0 radical (unpaired) electrons. The van der Waals surface area contributed by atoms with E-state index in [9.17, 15) is 9.59 Å². The van der Waals surface area contributed by atoms with E-state index >= 15 is 0 Å². The molecule has 0 aliphatic carbocycles. The lowest BCUT2D eigenvalue weighted by molar-refractivity contribution is -0.132. The van der Waals surface area contributed by atoms with Gasteiger partial charge in [0.1, 0.15) is 13.2 Å². The predicted molar refractivity (Wildman–Crippen MR) is 239 cm³/mol. The first-order chi connectivity index (χ1) is 29.3. The van der Waals surface area contributed by atoms with Crippen molar-refractivity contribution in [2.75, 3.05) is 14.2 Å². The Morgan fingerprint density at radius 3 is 1.53 bits per heavy atom. The lowest BCUT2D eigenvalue weighted by atomic mass is 10.0. The first kappa shape index (κ1) is 43.5. The quantitative estimate of drug-likeness (QED) is 0.0827. The van der Waals surface area contributed by atoms with E-state index in [1.807, 2.05) is 170 Å². The van der Waals surface area contributed by atoms with Crippen LogP contribution in [0.15, 0.2) is 170 Å². The number of hydrogen-bond donors (Lipinski definition) is 2. The van der Waals surface area contributed by atoms with Crippen molar-refractivity contribution in [3.05, 3.63) is 214 Å². The average molecular weight is 801 g/mol. The standard InChI is InChI=1S/2C26H24O4/c2*1-29-25-18-20(14-16-24(25)30-19-21-8-3-2-4-9-21)10-7-13-22-11-5-6-12-23(22)15-17-26(27)28/h2-9,11-18H,10,19H2,1H3,(H,27,28);2-12,14-18H,13,19H2,1H3,(H,27,28)/b13-7+,17-15+;10-7-,17-15+. The van der Waals surface area contributed by atoms with E-state index in [4.69, 9.17) is 29.2 Å². The van der Waals surface area contributed by atoms with Crippen molar-refractivity contribution in [3.8, 4) is 23.0 Å². The highest BCUT2D eigenvalue weighted by atomic mass is 16.5. The zero-order chi connectivity index (χ0) is 42.4. The highest BCUT2D eigenvalue weighted by Crippen LogP contribution is 2.31. The van der Waals surface area contributed by atoms with Gasteiger partial charge in [-0.2, -0.15) is 0 Å². The van der Waals surface area contributed by atoms with Gasteiger partial charge >= 0.3 is 11.9 Å². The van der Waals surface area contributed by atoms with E-state index in [0.29, 0.717) is 49.1 Å². The second-order valence-electron chi connectivity index (χ2n) is 13.3. The van der Waals surface area contributed by atoms with Gasteiger partial charge in [-0.1, -0.05) is 146 Å². The summed E-state index contributed by atoms with van der Waals surface area (Å²) in [6, 6.07) is 47.1. The van der Waals surface area contributed by atoms with Gasteiger partial charge in [0.25, 0.3) is 0 Å². The van der Waals surface area contributed by atoms with Crippen molar-refractivity contribution in [3.63, 3.8) is 0 Å². The van der Waals surface area contributed by atoms with Crippen LogP contribution in [0, 0.1) is 0 Å². The minimum Gasteiger partial charge on any atom is -0.493 e. The van der Waals surface area contributed by atoms with Gasteiger partial charge < -0.3 is 29.2 Å². The minimum absolute atomic E-state index is 0.479. The third-order valence-corrected chi connectivity index (χ3v) is 9.05. The van der Waals surface area contributed by atoms with Crippen LogP contribution in [-0.4, -0.2) is 36.4 Å². The van der Waals surface area contributed by atoms with Crippen LogP contribution >= 0.6 is 0 Å². The molecule has 0 unspecified atom stereocenters. The van der Waals surface area contributed by atoms with Crippen LogP contribution in [-0.2, 0) is 35.6 Å². The number of ether oxygens (including phenoxy) is 4. The van der Waals surface area contributed by atoms with Crippen molar-refractivity contribution in [1.82, 2.24) is 0 Å². The monoisotopic (exact) mass is 800 g/mol. The number of allylic oxidation sites excluding steroid dienone is 2. The molecule has 6 aromatic carbocycles. The molecule has 60 heavy (non-hydrogen) atoms. The van der Waals surface area contributed by atoms with E-state index < -0.39 is 11.9 Å². The summed E-state index contributed by atoms with van der Waals surface area (Å²) in [6.07, 6.45) is 15.0. The molecule has 0 aliphatic heterocycles. The Balaban J connectivity index is 0.000000228. The van der Waals surface area contributed by atoms with Crippen LogP contribution in [0.5, 0.6) is 23.0 Å². The number of benzene rings is 6. The van der Waals surface area contributed by atoms with Crippen molar-refractivity contribution < 1.29 is 38.7 Å². The molecule has 0 fully saturated rings. The largest absolute Gasteiger partial charge is 0.493 e. The number of carboxylic acid groups (broad SMARTS) is 2. The van der Waals surface area contributed by atoms with Gasteiger partial charge in [0.2, 0.25) is 0 Å². The summed E-state index contributed by atoms with van der Waals surface area (Å²) in [5.41, 5.74) is 8.06. The summed E-state index contributed by atoms with van der Waals surface area (Å²) in [6.45, 7) is 0.962. The van der Waals surface area contributed by atoms with Crippen molar-refractivity contribution in [1.29, 1.82) is 0 Å². The van der Waals surface area contributed by atoms with Crippen LogP contribution in [0.3, 0.4) is 0 Å². The molecule has 0 amide bonds. The maximum atomic E-state index is 10.8. The van der Waals surface area contributed by atoms with E-state index in [0.717, 1.165) is 56.7 Å². The molecule has 0 atom stereocenters. The number of carboxylic acids is 2. The summed E-state index contributed by atoms with van der Waals surface area (Å²) >= 11 is 0. The molecule has 2 N–H and O–H groups in total. The second-order valence-corrected chi connectivity index (χ2v) is 13.3. The van der Waals surface area contributed by atoms with Gasteiger partial charge in [-0.25, -0.2) is 9.59 Å². The average Bonchev–Trinajstić information content (AvgIpc) is 3.28. The maximum absolute atomic E-state index is 10.8. The van der Waals surface area contributed by atoms with E-state index in [1.54, 1.807) is 26.4 Å². The molecule has 6 aromatic rings. The van der Waals surface area contributed by atoms with Gasteiger partial charge in [-0.3, -0.25) is 0 Å².